The molecule has 1 aliphatic heterocycles. The molecule has 1 aromatic heterocycles. The average molecular weight is 315 g/mol. The molecule has 7 heteroatoms. The Morgan fingerprint density at radius 3 is 2.48 bits per heavy atom. The van der Waals surface area contributed by atoms with Crippen LogP contribution in [0.1, 0.15) is 70.1 Å². The monoisotopic (exact) mass is 315 g/mol. The number of piperidine rings is 1. The molecule has 0 spiro atoms. The quantitative estimate of drug-likeness (QED) is 0.806. The van der Waals surface area contributed by atoms with Gasteiger partial charge < -0.3 is 4.42 Å². The van der Waals surface area contributed by atoms with Crippen molar-refractivity contribution in [3.63, 3.8) is 0 Å². The van der Waals surface area contributed by atoms with Crippen LogP contribution in [-0.2, 0) is 10.0 Å². The van der Waals surface area contributed by atoms with E-state index in [0.717, 1.165) is 25.7 Å². The van der Waals surface area contributed by atoms with Crippen LogP contribution >= 0.6 is 0 Å². The fraction of sp³-hybridized carbons (Fsp3) is 0.857. The number of aromatic nitrogens is 2. The van der Waals surface area contributed by atoms with E-state index in [-0.39, 0.29) is 17.6 Å². The van der Waals surface area contributed by atoms with Crippen LogP contribution in [0.4, 0.5) is 0 Å². The normalized spacial score (nSPS) is 18.5. The maximum absolute atomic E-state index is 12.2. The molecule has 1 saturated heterocycles. The lowest BCUT2D eigenvalue weighted by atomic mass is 9.98. The van der Waals surface area contributed by atoms with Crippen LogP contribution in [0.25, 0.3) is 0 Å². The van der Waals surface area contributed by atoms with E-state index >= 15 is 0 Å². The summed E-state index contributed by atoms with van der Waals surface area (Å²) >= 11 is 0. The summed E-state index contributed by atoms with van der Waals surface area (Å²) in [7, 11) is -3.09. The maximum atomic E-state index is 12.2. The molecule has 0 radical (unpaired) electrons. The molecular formula is C14H25N3O3S. The first kappa shape index (κ1) is 16.4. The van der Waals surface area contributed by atoms with Crippen LogP contribution in [0.2, 0.25) is 0 Å². The summed E-state index contributed by atoms with van der Waals surface area (Å²) in [5.74, 6) is 1.97. The van der Waals surface area contributed by atoms with Gasteiger partial charge in [-0.2, -0.15) is 0 Å². The number of hydrogen-bond donors (Lipinski definition) is 0. The summed E-state index contributed by atoms with van der Waals surface area (Å²) in [6.07, 6.45) is 3.13. The topological polar surface area (TPSA) is 76.3 Å². The van der Waals surface area contributed by atoms with Crippen molar-refractivity contribution in [2.75, 3.05) is 18.8 Å². The Bertz CT molecular complexity index is 546. The number of unbranched alkanes of at least 4 members (excludes halogenated alkanes) is 1. The summed E-state index contributed by atoms with van der Waals surface area (Å²) in [6.45, 7) is 7.14. The fourth-order valence-corrected chi connectivity index (χ4v) is 4.16. The molecule has 0 aliphatic carbocycles. The highest BCUT2D eigenvalue weighted by molar-refractivity contribution is 7.89. The molecule has 1 aromatic rings. The van der Waals surface area contributed by atoms with Crippen LogP contribution in [0.5, 0.6) is 0 Å². The molecule has 2 heterocycles. The van der Waals surface area contributed by atoms with Crippen LogP contribution in [-0.4, -0.2) is 41.8 Å². The molecule has 0 atom stereocenters. The Labute approximate surface area is 127 Å². The van der Waals surface area contributed by atoms with Crippen LogP contribution in [0.3, 0.4) is 0 Å². The second-order valence-corrected chi connectivity index (χ2v) is 8.06. The zero-order valence-corrected chi connectivity index (χ0v) is 13.9. The van der Waals surface area contributed by atoms with Gasteiger partial charge in [0.15, 0.2) is 0 Å². The molecule has 0 aromatic carbocycles. The third kappa shape index (κ3) is 4.03. The molecule has 0 saturated carbocycles. The molecular weight excluding hydrogens is 290 g/mol. The Balaban J connectivity index is 1.93. The van der Waals surface area contributed by atoms with Crippen molar-refractivity contribution in [1.29, 1.82) is 0 Å². The third-order valence-electron chi connectivity index (χ3n) is 3.90. The van der Waals surface area contributed by atoms with E-state index < -0.39 is 10.0 Å². The van der Waals surface area contributed by atoms with Gasteiger partial charge >= 0.3 is 0 Å². The minimum absolute atomic E-state index is 0.183. The molecule has 21 heavy (non-hydrogen) atoms. The third-order valence-corrected chi connectivity index (χ3v) is 5.86. The lowest BCUT2D eigenvalue weighted by molar-refractivity contribution is 0.284. The molecule has 0 unspecified atom stereocenters. The van der Waals surface area contributed by atoms with Crippen molar-refractivity contribution in [3.05, 3.63) is 11.8 Å². The van der Waals surface area contributed by atoms with Crippen molar-refractivity contribution < 1.29 is 12.8 Å². The first-order valence-corrected chi connectivity index (χ1v) is 9.36. The van der Waals surface area contributed by atoms with Gasteiger partial charge in [0.1, 0.15) is 0 Å². The number of hydrogen-bond acceptors (Lipinski definition) is 5. The number of sulfonamides is 1. The van der Waals surface area contributed by atoms with Gasteiger partial charge in [-0.05, 0) is 19.3 Å². The first-order chi connectivity index (χ1) is 9.94. The molecule has 6 nitrogen and oxygen atoms in total. The van der Waals surface area contributed by atoms with Crippen LogP contribution in [0.15, 0.2) is 4.42 Å². The Kier molecular flexibility index (Phi) is 5.37. The molecule has 1 fully saturated rings. The smallest absolute Gasteiger partial charge is 0.219 e. The largest absolute Gasteiger partial charge is 0.425 e. The highest BCUT2D eigenvalue weighted by Crippen LogP contribution is 2.29. The minimum Gasteiger partial charge on any atom is -0.425 e. The summed E-state index contributed by atoms with van der Waals surface area (Å²) in [5.41, 5.74) is 0. The van der Waals surface area contributed by atoms with Gasteiger partial charge in [-0.15, -0.1) is 10.2 Å². The highest BCUT2D eigenvalue weighted by Gasteiger charge is 2.30. The number of nitrogens with zero attached hydrogens (tertiary/aromatic N) is 3. The fourth-order valence-electron chi connectivity index (χ4n) is 2.48. The lowest BCUT2D eigenvalue weighted by Gasteiger charge is -2.29. The average Bonchev–Trinajstić information content (AvgIpc) is 2.95. The predicted molar refractivity (Wildman–Crippen MR) is 80.6 cm³/mol. The SMILES string of the molecule is CCCCS(=O)(=O)N1CCC(c2nnc(C(C)C)o2)CC1. The van der Waals surface area contributed by atoms with Crippen molar-refractivity contribution in [3.8, 4) is 0 Å². The van der Waals surface area contributed by atoms with E-state index in [1.54, 1.807) is 4.31 Å². The predicted octanol–water partition coefficient (Wildman–Crippen LogP) is 2.50. The molecule has 0 bridgehead atoms. The highest BCUT2D eigenvalue weighted by atomic mass is 32.2. The zero-order valence-electron chi connectivity index (χ0n) is 13.1. The van der Waals surface area contributed by atoms with E-state index in [1.165, 1.54) is 0 Å². The van der Waals surface area contributed by atoms with Crippen molar-refractivity contribution in [2.45, 2.75) is 58.3 Å². The molecule has 0 N–H and O–H groups in total. The van der Waals surface area contributed by atoms with Gasteiger partial charge in [0.2, 0.25) is 21.8 Å². The molecule has 2 rings (SSSR count). The second-order valence-electron chi connectivity index (χ2n) is 5.98. The summed E-state index contributed by atoms with van der Waals surface area (Å²) in [4.78, 5) is 0. The number of rotatable bonds is 6. The van der Waals surface area contributed by atoms with Crippen LogP contribution in [0, 0.1) is 0 Å². The Morgan fingerprint density at radius 2 is 1.95 bits per heavy atom. The van der Waals surface area contributed by atoms with Gasteiger partial charge in [0.25, 0.3) is 0 Å². The maximum Gasteiger partial charge on any atom is 0.219 e. The van der Waals surface area contributed by atoms with E-state index in [4.69, 9.17) is 4.42 Å². The van der Waals surface area contributed by atoms with E-state index in [1.807, 2.05) is 20.8 Å². The van der Waals surface area contributed by atoms with Gasteiger partial charge in [-0.1, -0.05) is 27.2 Å². The van der Waals surface area contributed by atoms with Gasteiger partial charge in [-0.3, -0.25) is 0 Å². The van der Waals surface area contributed by atoms with Gasteiger partial charge in [-0.25, -0.2) is 12.7 Å². The van der Waals surface area contributed by atoms with Crippen molar-refractivity contribution >= 4 is 10.0 Å². The van der Waals surface area contributed by atoms with Crippen molar-refractivity contribution in [1.82, 2.24) is 14.5 Å². The van der Waals surface area contributed by atoms with Gasteiger partial charge in [0.05, 0.1) is 5.75 Å². The van der Waals surface area contributed by atoms with Gasteiger partial charge in [0, 0.05) is 24.9 Å². The second kappa shape index (κ2) is 6.87. The van der Waals surface area contributed by atoms with E-state index in [9.17, 15) is 8.42 Å². The summed E-state index contributed by atoms with van der Waals surface area (Å²) in [6, 6.07) is 0. The molecule has 120 valence electrons. The van der Waals surface area contributed by atoms with Crippen molar-refractivity contribution in [2.24, 2.45) is 0 Å². The minimum atomic E-state index is -3.09. The van der Waals surface area contributed by atoms with E-state index in [0.29, 0.717) is 24.9 Å². The van der Waals surface area contributed by atoms with E-state index in [2.05, 4.69) is 10.2 Å². The standard InChI is InChI=1S/C14H25N3O3S/c1-4-5-10-21(18,19)17-8-6-12(7-9-17)14-16-15-13(20-14)11(2)3/h11-12H,4-10H2,1-3H3. The summed E-state index contributed by atoms with van der Waals surface area (Å²) < 4.78 is 31.6. The Morgan fingerprint density at radius 1 is 1.29 bits per heavy atom. The molecule has 0 amide bonds. The first-order valence-electron chi connectivity index (χ1n) is 7.75. The lowest BCUT2D eigenvalue weighted by Crippen LogP contribution is -2.39. The molecule has 1 aliphatic rings. The summed E-state index contributed by atoms with van der Waals surface area (Å²) in [5, 5.41) is 8.16. The van der Waals surface area contributed by atoms with Crippen LogP contribution < -0.4 is 0 Å². The Hall–Kier alpha value is -0.950. The zero-order chi connectivity index (χ0) is 15.5.